The van der Waals surface area contributed by atoms with Crippen molar-refractivity contribution >= 4 is 60.0 Å². The van der Waals surface area contributed by atoms with Crippen LogP contribution in [0.3, 0.4) is 0 Å². The zero-order valence-electron chi connectivity index (χ0n) is 12.1. The van der Waals surface area contributed by atoms with Crippen molar-refractivity contribution in [2.24, 2.45) is 0 Å². The van der Waals surface area contributed by atoms with Crippen molar-refractivity contribution < 1.29 is 0 Å². The van der Waals surface area contributed by atoms with E-state index in [9.17, 15) is 4.79 Å². The van der Waals surface area contributed by atoms with Crippen LogP contribution in [0.2, 0.25) is 0 Å². The van der Waals surface area contributed by atoms with E-state index in [1.165, 1.54) is 11.3 Å². The Bertz CT molecular complexity index is 1120. The molecule has 2 N–H and O–H groups in total. The molecule has 4 aromatic rings. The molecule has 0 atom stereocenters. The minimum atomic E-state index is -0.101. The van der Waals surface area contributed by atoms with Crippen molar-refractivity contribution in [3.05, 3.63) is 56.3 Å². The fourth-order valence-electron chi connectivity index (χ4n) is 2.48. The van der Waals surface area contributed by atoms with Crippen molar-refractivity contribution in [1.29, 1.82) is 0 Å². The fourth-order valence-corrected chi connectivity index (χ4v) is 3.94. The summed E-state index contributed by atoms with van der Waals surface area (Å²) in [5.74, 6) is 0. The lowest BCUT2D eigenvalue weighted by Crippen LogP contribution is -2.17. The summed E-state index contributed by atoms with van der Waals surface area (Å²) >= 11 is 3.47. The molecule has 3 aromatic heterocycles. The molecule has 0 amide bonds. The standard InChI is InChI=1S/C16H11IN4OS/c1-8-2-4-9(5-3-8)21-7-20-13-11-12(18)10(17)6-19-15(11)23-14(13)16(21)22/h2-7H,1H3,(H2,18,19). The minimum absolute atomic E-state index is 0.101. The van der Waals surface area contributed by atoms with Gasteiger partial charge in [-0.1, -0.05) is 17.7 Å². The molecule has 0 unspecified atom stereocenters. The Labute approximate surface area is 148 Å². The Balaban J connectivity index is 2.06. The molecule has 1 aromatic carbocycles. The van der Waals surface area contributed by atoms with Gasteiger partial charge in [-0.15, -0.1) is 11.3 Å². The van der Waals surface area contributed by atoms with Crippen LogP contribution in [0.25, 0.3) is 26.1 Å². The highest BCUT2D eigenvalue weighted by atomic mass is 127. The smallest absolute Gasteiger partial charge is 0.275 e. The zero-order chi connectivity index (χ0) is 16.1. The number of fused-ring (bicyclic) bond motifs is 3. The van der Waals surface area contributed by atoms with Crippen LogP contribution in [0.4, 0.5) is 5.69 Å². The number of halogens is 1. The molecule has 23 heavy (non-hydrogen) atoms. The zero-order valence-corrected chi connectivity index (χ0v) is 15.1. The van der Waals surface area contributed by atoms with E-state index in [1.54, 1.807) is 17.1 Å². The molecule has 114 valence electrons. The molecule has 4 rings (SSSR count). The van der Waals surface area contributed by atoms with E-state index in [0.29, 0.717) is 15.9 Å². The summed E-state index contributed by atoms with van der Waals surface area (Å²) in [5.41, 5.74) is 9.24. The summed E-state index contributed by atoms with van der Waals surface area (Å²) in [7, 11) is 0. The second-order valence-corrected chi connectivity index (χ2v) is 7.40. The number of pyridine rings is 1. The van der Waals surface area contributed by atoms with Crippen LogP contribution in [-0.4, -0.2) is 14.5 Å². The molecular formula is C16H11IN4OS. The lowest BCUT2D eigenvalue weighted by Gasteiger charge is -2.05. The van der Waals surface area contributed by atoms with E-state index in [-0.39, 0.29) is 5.56 Å². The van der Waals surface area contributed by atoms with Gasteiger partial charge in [-0.3, -0.25) is 9.36 Å². The Morgan fingerprint density at radius 2 is 1.96 bits per heavy atom. The first-order chi connectivity index (χ1) is 11.1. The second kappa shape index (κ2) is 5.27. The number of aryl methyl sites for hydroxylation is 1. The Hall–Kier alpha value is -2.00. The third-order valence-electron chi connectivity index (χ3n) is 3.71. The van der Waals surface area contributed by atoms with Gasteiger partial charge in [0.25, 0.3) is 5.56 Å². The summed E-state index contributed by atoms with van der Waals surface area (Å²) in [5, 5.41) is 0.769. The highest BCUT2D eigenvalue weighted by Gasteiger charge is 2.16. The Morgan fingerprint density at radius 3 is 2.70 bits per heavy atom. The van der Waals surface area contributed by atoms with Gasteiger partial charge in [-0.2, -0.15) is 0 Å². The maximum Gasteiger partial charge on any atom is 0.275 e. The van der Waals surface area contributed by atoms with Gasteiger partial charge in [0, 0.05) is 6.20 Å². The molecule has 0 aliphatic carbocycles. The third kappa shape index (κ3) is 2.22. The normalized spacial score (nSPS) is 11.4. The van der Waals surface area contributed by atoms with Crippen molar-refractivity contribution in [2.75, 3.05) is 5.73 Å². The van der Waals surface area contributed by atoms with Crippen molar-refractivity contribution in [3.8, 4) is 5.69 Å². The fraction of sp³-hybridized carbons (Fsp3) is 0.0625. The van der Waals surface area contributed by atoms with Crippen molar-refractivity contribution in [1.82, 2.24) is 14.5 Å². The highest BCUT2D eigenvalue weighted by molar-refractivity contribution is 14.1. The van der Waals surface area contributed by atoms with Gasteiger partial charge in [0.15, 0.2) is 0 Å². The largest absolute Gasteiger partial charge is 0.397 e. The van der Waals surface area contributed by atoms with Crippen molar-refractivity contribution in [2.45, 2.75) is 6.92 Å². The number of aromatic nitrogens is 3. The first-order valence-electron chi connectivity index (χ1n) is 6.87. The van der Waals surface area contributed by atoms with Gasteiger partial charge in [0.1, 0.15) is 21.4 Å². The summed E-state index contributed by atoms with van der Waals surface area (Å²) in [6, 6.07) is 7.76. The van der Waals surface area contributed by atoms with Gasteiger partial charge in [0.2, 0.25) is 0 Å². The second-order valence-electron chi connectivity index (χ2n) is 5.24. The van der Waals surface area contributed by atoms with Crippen molar-refractivity contribution in [3.63, 3.8) is 0 Å². The molecule has 0 saturated heterocycles. The summed E-state index contributed by atoms with van der Waals surface area (Å²) < 4.78 is 2.99. The van der Waals surface area contributed by atoms with Crippen LogP contribution in [-0.2, 0) is 0 Å². The Kier molecular flexibility index (Phi) is 3.34. The predicted octanol–water partition coefficient (Wildman–Crippen LogP) is 3.49. The van der Waals surface area contributed by atoms with E-state index in [1.807, 2.05) is 31.2 Å². The quantitative estimate of drug-likeness (QED) is 0.466. The summed E-state index contributed by atoms with van der Waals surface area (Å²) in [6.45, 7) is 2.01. The molecule has 0 spiro atoms. The van der Waals surface area contributed by atoms with Crippen LogP contribution in [0, 0.1) is 10.5 Å². The molecule has 0 aliphatic heterocycles. The van der Waals surface area contributed by atoms with Gasteiger partial charge in [-0.25, -0.2) is 9.97 Å². The van der Waals surface area contributed by atoms with E-state index in [0.717, 1.165) is 25.0 Å². The first kappa shape index (κ1) is 14.6. The van der Waals surface area contributed by atoms with Gasteiger partial charge >= 0.3 is 0 Å². The molecular weight excluding hydrogens is 423 g/mol. The SMILES string of the molecule is Cc1ccc(-n2cnc3c(sc4ncc(I)c(N)c43)c2=O)cc1. The number of anilines is 1. The number of benzene rings is 1. The molecule has 0 saturated carbocycles. The number of thiophene rings is 1. The molecule has 5 nitrogen and oxygen atoms in total. The minimum Gasteiger partial charge on any atom is -0.397 e. The number of nitrogens with two attached hydrogens (primary N) is 1. The van der Waals surface area contributed by atoms with Gasteiger partial charge in [0.05, 0.1) is 20.3 Å². The van der Waals surface area contributed by atoms with Crippen LogP contribution >= 0.6 is 33.9 Å². The van der Waals surface area contributed by atoms with E-state index in [4.69, 9.17) is 5.73 Å². The molecule has 0 bridgehead atoms. The van der Waals surface area contributed by atoms with Crippen LogP contribution in [0.5, 0.6) is 0 Å². The lowest BCUT2D eigenvalue weighted by molar-refractivity contribution is 0.967. The number of nitrogens with zero attached hydrogens (tertiary/aromatic N) is 3. The number of hydrogen-bond acceptors (Lipinski definition) is 5. The lowest BCUT2D eigenvalue weighted by atomic mass is 10.2. The van der Waals surface area contributed by atoms with Crippen LogP contribution in [0.15, 0.2) is 41.6 Å². The molecule has 3 heterocycles. The number of nitrogen functional groups attached to an aromatic ring is 1. The number of hydrogen-bond donors (Lipinski definition) is 1. The van der Waals surface area contributed by atoms with Gasteiger partial charge < -0.3 is 5.73 Å². The monoisotopic (exact) mass is 434 g/mol. The first-order valence-corrected chi connectivity index (χ1v) is 8.76. The van der Waals surface area contributed by atoms with Gasteiger partial charge in [-0.05, 0) is 41.6 Å². The maximum absolute atomic E-state index is 12.8. The van der Waals surface area contributed by atoms with E-state index >= 15 is 0 Å². The average Bonchev–Trinajstić information content (AvgIpc) is 2.93. The average molecular weight is 434 g/mol. The maximum atomic E-state index is 12.8. The van der Waals surface area contributed by atoms with Crippen LogP contribution in [0.1, 0.15) is 5.56 Å². The highest BCUT2D eigenvalue weighted by Crippen LogP contribution is 2.34. The molecule has 0 aliphatic rings. The Morgan fingerprint density at radius 1 is 1.22 bits per heavy atom. The topological polar surface area (TPSA) is 73.8 Å². The summed E-state index contributed by atoms with van der Waals surface area (Å²) in [4.78, 5) is 22.4. The third-order valence-corrected chi connectivity index (χ3v) is 5.65. The molecule has 7 heteroatoms. The predicted molar refractivity (Wildman–Crippen MR) is 102 cm³/mol. The van der Waals surface area contributed by atoms with E-state index < -0.39 is 0 Å². The molecule has 0 radical (unpaired) electrons. The van der Waals surface area contributed by atoms with E-state index in [2.05, 4.69) is 32.6 Å². The number of rotatable bonds is 1. The van der Waals surface area contributed by atoms with Crippen LogP contribution < -0.4 is 11.3 Å². The summed E-state index contributed by atoms with van der Waals surface area (Å²) in [6.07, 6.45) is 3.27. The molecule has 0 fully saturated rings.